The van der Waals surface area contributed by atoms with Crippen molar-refractivity contribution in [2.75, 3.05) is 0 Å². The fraction of sp³-hybridized carbons (Fsp3) is 0.647. The first-order chi connectivity index (χ1) is 9.08. The van der Waals surface area contributed by atoms with Crippen LogP contribution in [0.1, 0.15) is 58.1 Å². The summed E-state index contributed by atoms with van der Waals surface area (Å²) in [5.41, 5.74) is 1.22. The Labute approximate surface area is 122 Å². The van der Waals surface area contributed by atoms with E-state index in [9.17, 15) is 0 Å². The molecule has 0 heterocycles. The molecule has 1 fully saturated rings. The van der Waals surface area contributed by atoms with Gasteiger partial charge in [0.15, 0.2) is 0 Å². The van der Waals surface area contributed by atoms with E-state index >= 15 is 0 Å². The minimum atomic E-state index is 0.338. The predicted molar refractivity (Wildman–Crippen MR) is 83.6 cm³/mol. The van der Waals surface area contributed by atoms with Gasteiger partial charge in [0.1, 0.15) is 0 Å². The smallest absolute Gasteiger partial charge is 0.0453 e. The Bertz CT molecular complexity index is 402. The molecule has 0 spiro atoms. The van der Waals surface area contributed by atoms with Crippen LogP contribution in [0.5, 0.6) is 0 Å². The van der Waals surface area contributed by atoms with Crippen LogP contribution in [0, 0.1) is 11.8 Å². The highest BCUT2D eigenvalue weighted by molar-refractivity contribution is 6.31. The van der Waals surface area contributed by atoms with Crippen molar-refractivity contribution < 1.29 is 0 Å². The minimum absolute atomic E-state index is 0.338. The molecule has 0 aromatic heterocycles. The van der Waals surface area contributed by atoms with Crippen LogP contribution in [0.4, 0.5) is 0 Å². The van der Waals surface area contributed by atoms with Gasteiger partial charge >= 0.3 is 0 Å². The van der Waals surface area contributed by atoms with Crippen LogP contribution in [0.25, 0.3) is 0 Å². The Morgan fingerprint density at radius 1 is 1.16 bits per heavy atom. The molecule has 0 bridgehead atoms. The number of hydrogen-bond donors (Lipinski definition) is 1. The highest BCUT2D eigenvalue weighted by atomic mass is 35.5. The number of nitrogens with one attached hydrogen (secondary N) is 1. The lowest BCUT2D eigenvalue weighted by atomic mass is 9.79. The van der Waals surface area contributed by atoms with E-state index in [-0.39, 0.29) is 0 Å². The molecule has 1 aromatic rings. The summed E-state index contributed by atoms with van der Waals surface area (Å²) in [5.74, 6) is 1.69. The second-order valence-corrected chi connectivity index (χ2v) is 6.68. The van der Waals surface area contributed by atoms with Gasteiger partial charge in [-0.2, -0.15) is 0 Å². The average Bonchev–Trinajstić information content (AvgIpc) is 2.39. The normalized spacial score (nSPS) is 25.5. The number of hydrogen-bond acceptors (Lipinski definition) is 1. The van der Waals surface area contributed by atoms with Crippen LogP contribution in [-0.4, -0.2) is 6.04 Å². The van der Waals surface area contributed by atoms with E-state index in [1.807, 2.05) is 12.1 Å². The molecule has 0 aliphatic heterocycles. The Kier molecular flexibility index (Phi) is 5.29. The molecule has 0 saturated heterocycles. The highest BCUT2D eigenvalue weighted by Gasteiger charge is 2.25. The van der Waals surface area contributed by atoms with Crippen LogP contribution in [-0.2, 0) is 0 Å². The van der Waals surface area contributed by atoms with Crippen molar-refractivity contribution >= 4 is 11.6 Å². The lowest BCUT2D eigenvalue weighted by molar-refractivity contribution is 0.223. The van der Waals surface area contributed by atoms with Gasteiger partial charge in [0.2, 0.25) is 0 Å². The first-order valence-corrected chi connectivity index (χ1v) is 7.96. The van der Waals surface area contributed by atoms with Gasteiger partial charge < -0.3 is 5.32 Å². The third-order valence-electron chi connectivity index (χ3n) is 4.52. The van der Waals surface area contributed by atoms with Crippen LogP contribution in [0.2, 0.25) is 5.02 Å². The van der Waals surface area contributed by atoms with Gasteiger partial charge in [-0.1, -0.05) is 56.5 Å². The highest BCUT2D eigenvalue weighted by Crippen LogP contribution is 2.31. The van der Waals surface area contributed by atoms with E-state index in [1.165, 1.54) is 31.2 Å². The lowest BCUT2D eigenvalue weighted by Gasteiger charge is -2.34. The maximum atomic E-state index is 6.28. The molecule has 0 amide bonds. The molecule has 1 aliphatic rings. The van der Waals surface area contributed by atoms with Crippen LogP contribution < -0.4 is 5.32 Å². The van der Waals surface area contributed by atoms with Crippen molar-refractivity contribution in [3.8, 4) is 0 Å². The molecule has 106 valence electrons. The second-order valence-electron chi connectivity index (χ2n) is 6.28. The predicted octanol–water partition coefficient (Wildman–Crippen LogP) is 5.21. The van der Waals surface area contributed by atoms with E-state index < -0.39 is 0 Å². The van der Waals surface area contributed by atoms with Crippen LogP contribution >= 0.6 is 11.6 Å². The van der Waals surface area contributed by atoms with E-state index in [2.05, 4.69) is 38.2 Å². The zero-order chi connectivity index (χ0) is 13.8. The molecular weight excluding hydrogens is 254 g/mol. The molecule has 0 radical (unpaired) electrons. The second kappa shape index (κ2) is 6.76. The Morgan fingerprint density at radius 2 is 1.89 bits per heavy atom. The summed E-state index contributed by atoms with van der Waals surface area (Å²) in [6.07, 6.45) is 5.37. The van der Waals surface area contributed by atoms with Crippen molar-refractivity contribution in [3.05, 3.63) is 34.9 Å². The zero-order valence-corrected chi connectivity index (χ0v) is 13.1. The van der Waals surface area contributed by atoms with Crippen LogP contribution in [0.3, 0.4) is 0 Å². The Hall–Kier alpha value is -0.530. The third kappa shape index (κ3) is 3.97. The quantitative estimate of drug-likeness (QED) is 0.798. The van der Waals surface area contributed by atoms with Crippen molar-refractivity contribution in [1.82, 2.24) is 5.32 Å². The number of halogens is 1. The first kappa shape index (κ1) is 14.9. The van der Waals surface area contributed by atoms with Gasteiger partial charge in [0, 0.05) is 17.1 Å². The summed E-state index contributed by atoms with van der Waals surface area (Å²) >= 11 is 6.28. The first-order valence-electron chi connectivity index (χ1n) is 7.58. The molecule has 1 nitrogen and oxygen atoms in total. The molecule has 1 N–H and O–H groups in total. The summed E-state index contributed by atoms with van der Waals surface area (Å²) in [7, 11) is 0. The third-order valence-corrected chi connectivity index (χ3v) is 4.86. The summed E-state index contributed by atoms with van der Waals surface area (Å²) in [6, 6.07) is 9.15. The van der Waals surface area contributed by atoms with Gasteiger partial charge in [0.05, 0.1) is 0 Å². The van der Waals surface area contributed by atoms with Gasteiger partial charge in [-0.3, -0.25) is 0 Å². The molecular formula is C17H26ClN. The molecule has 2 heteroatoms. The van der Waals surface area contributed by atoms with E-state index in [4.69, 9.17) is 11.6 Å². The summed E-state index contributed by atoms with van der Waals surface area (Å²) in [5, 5.41) is 4.65. The summed E-state index contributed by atoms with van der Waals surface area (Å²) in [4.78, 5) is 0. The zero-order valence-electron chi connectivity index (χ0n) is 12.3. The summed E-state index contributed by atoms with van der Waals surface area (Å²) in [6.45, 7) is 6.93. The van der Waals surface area contributed by atoms with E-state index in [1.54, 1.807) is 0 Å². The maximum Gasteiger partial charge on any atom is 0.0453 e. The van der Waals surface area contributed by atoms with Crippen molar-refractivity contribution in [3.63, 3.8) is 0 Å². The fourth-order valence-corrected chi connectivity index (χ4v) is 3.55. The van der Waals surface area contributed by atoms with E-state index in [0.717, 1.165) is 16.9 Å². The van der Waals surface area contributed by atoms with Gasteiger partial charge in [-0.05, 0) is 43.2 Å². The molecule has 1 aliphatic carbocycles. The largest absolute Gasteiger partial charge is 0.307 e. The standard InChI is InChI=1S/C17H26ClN/c1-12(2)14-7-6-8-15(11-14)19-13(3)16-9-4-5-10-17(16)18/h4-5,9-10,12-15,19H,6-8,11H2,1-3H3/t13-,14?,15?/m0/s1. The minimum Gasteiger partial charge on any atom is -0.307 e. The molecule has 1 saturated carbocycles. The van der Waals surface area contributed by atoms with Crippen molar-refractivity contribution in [1.29, 1.82) is 0 Å². The monoisotopic (exact) mass is 279 g/mol. The Balaban J connectivity index is 1.95. The molecule has 2 rings (SSSR count). The molecule has 2 unspecified atom stereocenters. The number of rotatable bonds is 4. The van der Waals surface area contributed by atoms with Gasteiger partial charge in [-0.25, -0.2) is 0 Å². The van der Waals surface area contributed by atoms with Gasteiger partial charge in [-0.15, -0.1) is 0 Å². The summed E-state index contributed by atoms with van der Waals surface area (Å²) < 4.78 is 0. The van der Waals surface area contributed by atoms with E-state index in [0.29, 0.717) is 12.1 Å². The molecule has 1 aromatic carbocycles. The lowest BCUT2D eigenvalue weighted by Crippen LogP contribution is -2.37. The SMILES string of the molecule is CC(C)C1CCCC(N[C@@H](C)c2ccccc2Cl)C1. The average molecular weight is 280 g/mol. The van der Waals surface area contributed by atoms with Gasteiger partial charge in [0.25, 0.3) is 0 Å². The Morgan fingerprint density at radius 3 is 2.58 bits per heavy atom. The fourth-order valence-electron chi connectivity index (χ4n) is 3.25. The molecule has 3 atom stereocenters. The van der Waals surface area contributed by atoms with Crippen molar-refractivity contribution in [2.24, 2.45) is 11.8 Å². The van der Waals surface area contributed by atoms with Crippen LogP contribution in [0.15, 0.2) is 24.3 Å². The number of benzene rings is 1. The topological polar surface area (TPSA) is 12.0 Å². The molecule has 19 heavy (non-hydrogen) atoms. The van der Waals surface area contributed by atoms with Crippen molar-refractivity contribution in [2.45, 2.75) is 58.5 Å². The maximum absolute atomic E-state index is 6.28.